The Balaban J connectivity index is 2.02. The zero-order chi connectivity index (χ0) is 21.6. The average molecular weight is 423 g/mol. The molecule has 2 aromatic carbocycles. The largest absolute Gasteiger partial charge is 0.274 e. The van der Waals surface area contributed by atoms with Gasteiger partial charge in [-0.3, -0.25) is 23.7 Å². The average Bonchev–Trinajstić information content (AvgIpc) is 3.12. The maximum Gasteiger partial charge on any atom is 0.266 e. The quantitative estimate of drug-likeness (QED) is 0.446. The molecular formula is C23H22N2O4S. The van der Waals surface area contributed by atoms with Gasteiger partial charge in [-0.25, -0.2) is 4.57 Å². The van der Waals surface area contributed by atoms with Crippen molar-refractivity contribution >= 4 is 33.3 Å². The summed E-state index contributed by atoms with van der Waals surface area (Å²) in [4.78, 5) is 52.0. The number of benzene rings is 2. The number of nitrogens with zero attached hydrogens (tertiary/aromatic N) is 2. The molecule has 0 fully saturated rings. The zero-order valence-electron chi connectivity index (χ0n) is 17.2. The molecule has 30 heavy (non-hydrogen) atoms. The van der Waals surface area contributed by atoms with Crippen molar-refractivity contribution in [3.05, 3.63) is 82.9 Å². The van der Waals surface area contributed by atoms with E-state index in [2.05, 4.69) is 0 Å². The van der Waals surface area contributed by atoms with Crippen LogP contribution in [0.5, 0.6) is 0 Å². The molecule has 7 heteroatoms. The minimum absolute atomic E-state index is 0.176. The molecule has 0 aliphatic carbocycles. The van der Waals surface area contributed by atoms with Crippen molar-refractivity contribution < 1.29 is 0 Å². The van der Waals surface area contributed by atoms with Crippen LogP contribution in [0.4, 0.5) is 0 Å². The molecule has 154 valence electrons. The van der Waals surface area contributed by atoms with E-state index in [0.717, 1.165) is 16.9 Å². The molecule has 6 nitrogen and oxygen atoms in total. The second-order valence-electron chi connectivity index (χ2n) is 7.28. The van der Waals surface area contributed by atoms with E-state index in [1.165, 1.54) is 21.3 Å². The monoisotopic (exact) mass is 422 g/mol. The summed E-state index contributed by atoms with van der Waals surface area (Å²) in [7, 11) is 0. The highest BCUT2D eigenvalue weighted by Gasteiger charge is 2.21. The van der Waals surface area contributed by atoms with E-state index in [1.54, 1.807) is 11.8 Å². The fourth-order valence-corrected chi connectivity index (χ4v) is 4.66. The maximum absolute atomic E-state index is 13.2. The molecule has 0 aliphatic heterocycles. The van der Waals surface area contributed by atoms with Gasteiger partial charge < -0.3 is 0 Å². The van der Waals surface area contributed by atoms with E-state index in [-0.39, 0.29) is 21.5 Å². The summed E-state index contributed by atoms with van der Waals surface area (Å²) in [6.07, 6.45) is 0.669. The van der Waals surface area contributed by atoms with Gasteiger partial charge in [0.25, 0.3) is 22.2 Å². The summed E-state index contributed by atoms with van der Waals surface area (Å²) >= 11 is 1.64. The van der Waals surface area contributed by atoms with Gasteiger partial charge in [0.2, 0.25) is 0 Å². The first-order valence-electron chi connectivity index (χ1n) is 9.99. The molecule has 0 spiro atoms. The van der Waals surface area contributed by atoms with Gasteiger partial charge in [0.05, 0.1) is 27.2 Å². The third-order valence-electron chi connectivity index (χ3n) is 5.56. The third-order valence-corrected chi connectivity index (χ3v) is 6.44. The van der Waals surface area contributed by atoms with Crippen LogP contribution in [0.2, 0.25) is 0 Å². The van der Waals surface area contributed by atoms with Crippen molar-refractivity contribution in [1.29, 1.82) is 0 Å². The molecule has 0 unspecified atom stereocenters. The molecule has 0 radical (unpaired) electrons. The fraction of sp³-hybridized carbons (Fsp3) is 0.304. The summed E-state index contributed by atoms with van der Waals surface area (Å²) in [5.74, 6) is 1.55. The van der Waals surface area contributed by atoms with E-state index in [1.807, 2.05) is 39.0 Å². The first-order chi connectivity index (χ1) is 14.4. The van der Waals surface area contributed by atoms with E-state index in [9.17, 15) is 19.2 Å². The first kappa shape index (κ1) is 20.3. The van der Waals surface area contributed by atoms with E-state index < -0.39 is 22.2 Å². The van der Waals surface area contributed by atoms with Crippen molar-refractivity contribution in [1.82, 2.24) is 9.13 Å². The van der Waals surface area contributed by atoms with E-state index >= 15 is 0 Å². The van der Waals surface area contributed by atoms with Gasteiger partial charge in [0.1, 0.15) is 0 Å². The van der Waals surface area contributed by atoms with Crippen LogP contribution in [0, 0.1) is 6.92 Å². The van der Waals surface area contributed by atoms with Crippen molar-refractivity contribution in [3.63, 3.8) is 0 Å². The van der Waals surface area contributed by atoms with Crippen molar-refractivity contribution in [2.24, 2.45) is 0 Å². The van der Waals surface area contributed by atoms with E-state index in [4.69, 9.17) is 0 Å². The minimum Gasteiger partial charge on any atom is -0.274 e. The zero-order valence-corrected chi connectivity index (χ0v) is 18.0. The second-order valence-corrected chi connectivity index (χ2v) is 8.68. The third kappa shape index (κ3) is 2.96. The summed E-state index contributed by atoms with van der Waals surface area (Å²) in [6, 6.07) is 8.49. The molecule has 2 heterocycles. The molecule has 0 aliphatic rings. The van der Waals surface area contributed by atoms with Crippen LogP contribution in [0.15, 0.2) is 49.5 Å². The minimum atomic E-state index is -0.456. The Morgan fingerprint density at radius 3 is 1.93 bits per heavy atom. The lowest BCUT2D eigenvalue weighted by Gasteiger charge is -2.10. The highest BCUT2D eigenvalue weighted by atomic mass is 32.2. The van der Waals surface area contributed by atoms with Crippen LogP contribution >= 0.6 is 11.8 Å². The predicted octanol–water partition coefficient (Wildman–Crippen LogP) is 2.53. The first-order valence-corrected chi connectivity index (χ1v) is 11.1. The Labute approximate surface area is 176 Å². The summed E-state index contributed by atoms with van der Waals surface area (Å²) in [6.45, 7) is 6.15. The molecule has 0 atom stereocenters. The standard InChI is InChI=1S/C23H22N2O4S/c1-4-14-8-6-7-13(3)19(14)25-22(28)17-11-15-16(12-18(17)23(25)29)21(27)24(20(15)26)9-10-30-5-2/h6-8,11-12H,4-5,9-10H2,1-3H3. The number of hydrogen-bond acceptors (Lipinski definition) is 5. The Morgan fingerprint density at radius 1 is 0.833 bits per heavy atom. The van der Waals surface area contributed by atoms with Crippen LogP contribution in [0.25, 0.3) is 27.2 Å². The second kappa shape index (κ2) is 7.72. The van der Waals surface area contributed by atoms with Gasteiger partial charge in [0.15, 0.2) is 0 Å². The summed E-state index contributed by atoms with van der Waals surface area (Å²) in [5, 5.41) is 0.748. The van der Waals surface area contributed by atoms with Crippen molar-refractivity contribution in [2.45, 2.75) is 33.7 Å². The lowest BCUT2D eigenvalue weighted by molar-refractivity contribution is 0.730. The Morgan fingerprint density at radius 2 is 1.40 bits per heavy atom. The Bertz CT molecular complexity index is 1410. The van der Waals surface area contributed by atoms with Gasteiger partial charge in [-0.15, -0.1) is 0 Å². The fourth-order valence-electron chi connectivity index (χ4n) is 4.05. The number of rotatable bonds is 6. The lowest BCUT2D eigenvalue weighted by Crippen LogP contribution is -2.26. The molecular weight excluding hydrogens is 400 g/mol. The van der Waals surface area contributed by atoms with Crippen LogP contribution in [-0.2, 0) is 13.0 Å². The summed E-state index contributed by atoms with van der Waals surface area (Å²) in [5.41, 5.74) is 0.579. The number of para-hydroxylation sites is 1. The number of hydrogen-bond donors (Lipinski definition) is 0. The number of aryl methyl sites for hydroxylation is 2. The molecule has 0 amide bonds. The van der Waals surface area contributed by atoms with Gasteiger partial charge >= 0.3 is 0 Å². The number of aromatic nitrogens is 2. The molecule has 0 saturated heterocycles. The van der Waals surface area contributed by atoms with Gasteiger partial charge in [-0.2, -0.15) is 11.8 Å². The SMILES string of the molecule is CCSCCn1c(=O)c2cc3c(=O)n(-c4c(C)cccc4CC)c(=O)c3cc2c1=O. The molecule has 0 saturated carbocycles. The predicted molar refractivity (Wildman–Crippen MR) is 123 cm³/mol. The number of fused-ring (bicyclic) bond motifs is 2. The van der Waals surface area contributed by atoms with Crippen LogP contribution < -0.4 is 22.2 Å². The van der Waals surface area contributed by atoms with E-state index in [0.29, 0.717) is 24.4 Å². The molecule has 0 N–H and O–H groups in total. The number of thioether (sulfide) groups is 1. The van der Waals surface area contributed by atoms with Gasteiger partial charge in [-0.05, 0) is 42.4 Å². The Hall–Kier alpha value is -2.93. The van der Waals surface area contributed by atoms with Crippen LogP contribution in [-0.4, -0.2) is 20.6 Å². The normalized spacial score (nSPS) is 11.7. The van der Waals surface area contributed by atoms with Crippen molar-refractivity contribution in [3.8, 4) is 5.69 Å². The van der Waals surface area contributed by atoms with Gasteiger partial charge in [-0.1, -0.05) is 32.0 Å². The molecule has 4 rings (SSSR count). The summed E-state index contributed by atoms with van der Waals surface area (Å²) < 4.78 is 2.38. The van der Waals surface area contributed by atoms with Crippen LogP contribution in [0.3, 0.4) is 0 Å². The van der Waals surface area contributed by atoms with Crippen molar-refractivity contribution in [2.75, 3.05) is 11.5 Å². The highest BCUT2D eigenvalue weighted by Crippen LogP contribution is 2.21. The lowest BCUT2D eigenvalue weighted by atomic mass is 10.1. The van der Waals surface area contributed by atoms with Crippen LogP contribution in [0.1, 0.15) is 25.0 Å². The molecule has 4 aromatic rings. The Kier molecular flexibility index (Phi) is 5.24. The van der Waals surface area contributed by atoms with Gasteiger partial charge in [0, 0.05) is 12.3 Å². The molecule has 0 bridgehead atoms. The smallest absolute Gasteiger partial charge is 0.266 e. The topological polar surface area (TPSA) is 78.1 Å². The molecule has 2 aromatic heterocycles. The maximum atomic E-state index is 13.2. The highest BCUT2D eigenvalue weighted by molar-refractivity contribution is 7.99.